The number of hydrogen-bond donors (Lipinski definition) is 0. The summed E-state index contributed by atoms with van der Waals surface area (Å²) in [6.07, 6.45) is 13.2. The Morgan fingerprint density at radius 1 is 1.22 bits per heavy atom. The Balaban J connectivity index is 1.13. The highest BCUT2D eigenvalue weighted by Crippen LogP contribution is 2.31. The van der Waals surface area contributed by atoms with Crippen molar-refractivity contribution in [2.75, 3.05) is 26.2 Å². The van der Waals surface area contributed by atoms with Gasteiger partial charge >= 0.3 is 0 Å². The smallest absolute Gasteiger partial charge is 0.273 e. The van der Waals surface area contributed by atoms with Crippen molar-refractivity contribution in [1.29, 1.82) is 0 Å². The number of hydrogen-bond acceptors (Lipinski definition) is 7. The molecular weight excluding hydrogens is 484 g/mol. The lowest BCUT2D eigenvalue weighted by atomic mass is 9.81. The first-order chi connectivity index (χ1) is 17.4. The molecule has 0 radical (unpaired) electrons. The number of alkyl halides is 2. The first-order valence-electron chi connectivity index (χ1n) is 12.6. The highest BCUT2D eigenvalue weighted by atomic mass is 32.1. The van der Waals surface area contributed by atoms with Gasteiger partial charge in [0.05, 0.1) is 5.69 Å². The number of nitrogens with zero attached hydrogens (tertiary/aromatic N) is 5. The second-order valence-electron chi connectivity index (χ2n) is 9.48. The highest BCUT2D eigenvalue weighted by Gasteiger charge is 2.23. The van der Waals surface area contributed by atoms with Crippen LogP contribution < -0.4 is 4.74 Å². The normalized spacial score (nSPS) is 21.2. The van der Waals surface area contributed by atoms with Gasteiger partial charge in [0.2, 0.25) is 0 Å². The van der Waals surface area contributed by atoms with E-state index >= 15 is 0 Å². The zero-order chi connectivity index (χ0) is 25.3. The standard InChI is InChI=1S/C26H33F2N5O2S/c1-18-29-15-21(16-30-18)6-7-25(34)31-14-20-4-2-19(3-5-20)8-11-33-12-9-22-23(10-13-33)36-26(32-22)35-17-24(27)28/h6-7,14-16,19-20,24H,2-5,8-13,17H2,1H3/b7-6+,31-14?. The monoisotopic (exact) mass is 517 g/mol. The van der Waals surface area contributed by atoms with E-state index in [2.05, 4.69) is 24.8 Å². The third kappa shape index (κ3) is 8.23. The van der Waals surface area contributed by atoms with Crippen molar-refractivity contribution in [3.63, 3.8) is 0 Å². The van der Waals surface area contributed by atoms with Crippen LogP contribution in [0.4, 0.5) is 8.78 Å². The Labute approximate surface area is 214 Å². The van der Waals surface area contributed by atoms with Gasteiger partial charge in [-0.3, -0.25) is 4.79 Å². The van der Waals surface area contributed by atoms with E-state index in [1.165, 1.54) is 23.8 Å². The second kappa shape index (κ2) is 13.1. The van der Waals surface area contributed by atoms with Crippen molar-refractivity contribution in [3.05, 3.63) is 40.4 Å². The molecule has 4 rings (SSSR count). The maximum atomic E-state index is 12.4. The predicted molar refractivity (Wildman–Crippen MR) is 137 cm³/mol. The third-order valence-corrected chi connectivity index (χ3v) is 7.86. The number of carbonyl (C=O) groups excluding carboxylic acids is 1. The Morgan fingerprint density at radius 3 is 2.72 bits per heavy atom. The van der Waals surface area contributed by atoms with Gasteiger partial charge in [0.1, 0.15) is 5.82 Å². The third-order valence-electron chi connectivity index (χ3n) is 6.79. The number of aliphatic imine (C=N–C) groups is 1. The summed E-state index contributed by atoms with van der Waals surface area (Å²) in [6, 6.07) is 0. The maximum Gasteiger partial charge on any atom is 0.273 e. The summed E-state index contributed by atoms with van der Waals surface area (Å²) in [4.78, 5) is 32.5. The van der Waals surface area contributed by atoms with Gasteiger partial charge < -0.3 is 9.64 Å². The van der Waals surface area contributed by atoms with Crippen LogP contribution in [0.2, 0.25) is 0 Å². The molecule has 3 heterocycles. The molecule has 36 heavy (non-hydrogen) atoms. The number of thiazole rings is 1. The molecule has 0 N–H and O–H groups in total. The molecule has 1 fully saturated rings. The number of rotatable bonds is 9. The second-order valence-corrected chi connectivity index (χ2v) is 10.5. The van der Waals surface area contributed by atoms with Gasteiger partial charge in [-0.2, -0.15) is 0 Å². The van der Waals surface area contributed by atoms with E-state index < -0.39 is 13.0 Å². The van der Waals surface area contributed by atoms with Gasteiger partial charge in [0.25, 0.3) is 17.5 Å². The lowest BCUT2D eigenvalue weighted by Crippen LogP contribution is -2.29. The zero-order valence-electron chi connectivity index (χ0n) is 20.6. The number of aryl methyl sites for hydroxylation is 1. The Bertz CT molecular complexity index is 1020. The molecule has 7 nitrogen and oxygen atoms in total. The zero-order valence-corrected chi connectivity index (χ0v) is 21.4. The molecule has 0 saturated heterocycles. The highest BCUT2D eigenvalue weighted by molar-refractivity contribution is 7.13. The minimum atomic E-state index is -2.48. The van der Waals surface area contributed by atoms with E-state index in [9.17, 15) is 13.6 Å². The number of aromatic nitrogens is 3. The Kier molecular flexibility index (Phi) is 9.63. The van der Waals surface area contributed by atoms with Crippen LogP contribution in [0.5, 0.6) is 5.19 Å². The van der Waals surface area contributed by atoms with Crippen LogP contribution in [-0.4, -0.2) is 64.6 Å². The van der Waals surface area contributed by atoms with Crippen molar-refractivity contribution in [1.82, 2.24) is 19.9 Å². The summed E-state index contributed by atoms with van der Waals surface area (Å²) in [7, 11) is 0. The molecule has 1 aliphatic heterocycles. The number of fused-ring (bicyclic) bond motifs is 1. The van der Waals surface area contributed by atoms with Crippen molar-refractivity contribution in [3.8, 4) is 5.19 Å². The van der Waals surface area contributed by atoms with Gasteiger partial charge in [-0.05, 0) is 69.9 Å². The molecule has 0 spiro atoms. The molecule has 1 saturated carbocycles. The largest absolute Gasteiger partial charge is 0.464 e. The SMILES string of the molecule is Cc1ncc(/C=C/C(=O)N=CC2CCC(CCN3CCc4nc(OCC(F)F)sc4CC3)CC2)cn1. The van der Waals surface area contributed by atoms with Crippen molar-refractivity contribution in [2.24, 2.45) is 16.8 Å². The summed E-state index contributed by atoms with van der Waals surface area (Å²) in [6.45, 7) is 4.20. The molecule has 0 unspecified atom stereocenters. The van der Waals surface area contributed by atoms with E-state index in [4.69, 9.17) is 4.74 Å². The first kappa shape index (κ1) is 26.5. The maximum absolute atomic E-state index is 12.4. The molecule has 0 bridgehead atoms. The molecule has 0 atom stereocenters. The number of amides is 1. The van der Waals surface area contributed by atoms with E-state index in [1.807, 2.05) is 13.1 Å². The lowest BCUT2D eigenvalue weighted by molar-refractivity contribution is -0.113. The fourth-order valence-corrected chi connectivity index (χ4v) is 5.63. The molecular formula is C26H33F2N5O2S. The van der Waals surface area contributed by atoms with Gasteiger partial charge in [0.15, 0.2) is 6.61 Å². The Morgan fingerprint density at radius 2 is 1.97 bits per heavy atom. The molecule has 0 aromatic carbocycles. The topological polar surface area (TPSA) is 80.6 Å². The van der Waals surface area contributed by atoms with Gasteiger partial charge in [0, 0.05) is 54.6 Å². The van der Waals surface area contributed by atoms with E-state index in [0.717, 1.165) is 74.3 Å². The van der Waals surface area contributed by atoms with Crippen LogP contribution >= 0.6 is 11.3 Å². The van der Waals surface area contributed by atoms with E-state index in [-0.39, 0.29) is 5.91 Å². The molecule has 2 aromatic rings. The molecule has 194 valence electrons. The molecule has 1 amide bonds. The average Bonchev–Trinajstić information content (AvgIpc) is 3.18. The van der Waals surface area contributed by atoms with Gasteiger partial charge in [-0.1, -0.05) is 11.3 Å². The van der Waals surface area contributed by atoms with E-state index in [0.29, 0.717) is 22.9 Å². The number of carbonyl (C=O) groups is 1. The fraction of sp³-hybridized carbons (Fsp3) is 0.577. The van der Waals surface area contributed by atoms with E-state index in [1.54, 1.807) is 18.5 Å². The minimum Gasteiger partial charge on any atom is -0.464 e. The minimum absolute atomic E-state index is 0.255. The average molecular weight is 518 g/mol. The lowest BCUT2D eigenvalue weighted by Gasteiger charge is -2.28. The molecule has 10 heteroatoms. The molecule has 2 aromatic heterocycles. The quantitative estimate of drug-likeness (QED) is 0.351. The van der Waals surface area contributed by atoms with Crippen LogP contribution in [-0.2, 0) is 17.6 Å². The van der Waals surface area contributed by atoms with Crippen LogP contribution in [0.15, 0.2) is 23.5 Å². The predicted octanol–water partition coefficient (Wildman–Crippen LogP) is 4.79. The van der Waals surface area contributed by atoms with Crippen LogP contribution in [0.1, 0.15) is 54.1 Å². The molecule has 1 aliphatic carbocycles. The van der Waals surface area contributed by atoms with Crippen molar-refractivity contribution in [2.45, 2.75) is 58.3 Å². The summed E-state index contributed by atoms with van der Waals surface area (Å²) in [5, 5.41) is 0.368. The van der Waals surface area contributed by atoms with Gasteiger partial charge in [-0.15, -0.1) is 0 Å². The van der Waals surface area contributed by atoms with Crippen LogP contribution in [0.25, 0.3) is 6.08 Å². The number of halogens is 2. The molecule has 2 aliphatic rings. The van der Waals surface area contributed by atoms with Crippen LogP contribution in [0.3, 0.4) is 0 Å². The Hall–Kier alpha value is -2.59. The first-order valence-corrected chi connectivity index (χ1v) is 13.4. The fourth-order valence-electron chi connectivity index (χ4n) is 4.67. The number of ether oxygens (including phenoxy) is 1. The van der Waals surface area contributed by atoms with Crippen molar-refractivity contribution < 1.29 is 18.3 Å². The summed E-state index contributed by atoms with van der Waals surface area (Å²) < 4.78 is 29.8. The van der Waals surface area contributed by atoms with Crippen molar-refractivity contribution >= 4 is 29.5 Å². The summed E-state index contributed by atoms with van der Waals surface area (Å²) >= 11 is 1.41. The summed E-state index contributed by atoms with van der Waals surface area (Å²) in [5.41, 5.74) is 1.78. The summed E-state index contributed by atoms with van der Waals surface area (Å²) in [5.74, 6) is 1.51. The van der Waals surface area contributed by atoms with Gasteiger partial charge in [-0.25, -0.2) is 28.7 Å². The van der Waals surface area contributed by atoms with Crippen LogP contribution in [0, 0.1) is 18.8 Å².